The Kier molecular flexibility index (Phi) is 22.7. The van der Waals surface area contributed by atoms with Gasteiger partial charge in [-0.05, 0) is 187 Å². The predicted molar refractivity (Wildman–Crippen MR) is 316 cm³/mol. The fourth-order valence-electron chi connectivity index (χ4n) is 9.54. The standard InChI is InChI=1S/C66H78N4O12/c1-9-46-25-18-45(34-48-13-11-15-52(62(48)74)54(72)31-24-44-17-16-39(6)55(35-44)81-64(76)58(68)38(4)5)36-56(46)82-66(78)60(70)41(8)32-40(7)59(69)65(77)80-50-28-21-43(22-29-50)33-47-12-10-14-51(61(47)73)53(71)30-23-42-19-26-49(27-20-42)79-63(75)57(67)37(2)3/h16-31,33-38,40-41,51-52,57-60H,9-15,32,67-70H2,1-8H3/b30-23?,31-24+,47-33?,48-34+. The maximum absolute atomic E-state index is 13.8. The molecule has 16 heteroatoms. The largest absolute Gasteiger partial charge is 0.425 e. The molecule has 82 heavy (non-hydrogen) atoms. The highest BCUT2D eigenvalue weighted by Gasteiger charge is 2.34. The van der Waals surface area contributed by atoms with Crippen LogP contribution in [0.2, 0.25) is 0 Å². The Morgan fingerprint density at radius 3 is 1.41 bits per heavy atom. The lowest BCUT2D eigenvalue weighted by molar-refractivity contribution is -0.138. The molecule has 2 saturated carbocycles. The molecule has 8 N–H and O–H groups in total. The summed E-state index contributed by atoms with van der Waals surface area (Å²) in [6.07, 6.45) is 13.3. The molecule has 2 aliphatic carbocycles. The Morgan fingerprint density at radius 1 is 0.512 bits per heavy atom. The zero-order chi connectivity index (χ0) is 59.9. The fraction of sp³-hybridized carbons (Fsp3) is 0.394. The highest BCUT2D eigenvalue weighted by Crippen LogP contribution is 2.32. The summed E-state index contributed by atoms with van der Waals surface area (Å²) in [6, 6.07) is 20.1. The highest BCUT2D eigenvalue weighted by atomic mass is 16.5. The number of Topliss-reactive ketones (excluding diaryl/α,β-unsaturated/α-hetero) is 2. The molecule has 6 rings (SSSR count). The number of ether oxygens (including phenoxy) is 4. The summed E-state index contributed by atoms with van der Waals surface area (Å²) in [4.78, 5) is 106. The quantitative estimate of drug-likeness (QED) is 0.0233. The van der Waals surface area contributed by atoms with Crippen LogP contribution >= 0.6 is 0 Å². The van der Waals surface area contributed by atoms with Crippen LogP contribution in [0.15, 0.2) is 108 Å². The van der Waals surface area contributed by atoms with Crippen LogP contribution in [0.3, 0.4) is 0 Å². The van der Waals surface area contributed by atoms with Gasteiger partial charge in [-0.3, -0.25) is 19.2 Å². The van der Waals surface area contributed by atoms with E-state index in [-0.39, 0.29) is 52.9 Å². The van der Waals surface area contributed by atoms with Gasteiger partial charge in [0.25, 0.3) is 0 Å². The van der Waals surface area contributed by atoms with Gasteiger partial charge in [0.1, 0.15) is 47.2 Å². The van der Waals surface area contributed by atoms with Gasteiger partial charge in [0.05, 0.1) is 11.8 Å². The number of allylic oxidation sites excluding steroid dienone is 4. The monoisotopic (exact) mass is 1120 g/mol. The van der Waals surface area contributed by atoms with Crippen LogP contribution in [-0.4, -0.2) is 71.2 Å². The average Bonchev–Trinajstić information content (AvgIpc) is 3.47. The summed E-state index contributed by atoms with van der Waals surface area (Å²) in [5, 5.41) is 0. The van der Waals surface area contributed by atoms with Crippen LogP contribution in [0.25, 0.3) is 24.3 Å². The van der Waals surface area contributed by atoms with Crippen LogP contribution < -0.4 is 41.9 Å². The third-order valence-electron chi connectivity index (χ3n) is 15.2. The first kappa shape index (κ1) is 63.4. The molecule has 0 saturated heterocycles. The highest BCUT2D eigenvalue weighted by molar-refractivity contribution is 6.17. The van der Waals surface area contributed by atoms with Crippen molar-refractivity contribution in [1.29, 1.82) is 0 Å². The summed E-state index contributed by atoms with van der Waals surface area (Å²) in [6.45, 7) is 14.6. The Labute approximate surface area is 480 Å². The average molecular weight is 1120 g/mol. The molecule has 8 atom stereocenters. The molecule has 2 aliphatic rings. The normalized spacial score (nSPS) is 19.0. The van der Waals surface area contributed by atoms with Crippen molar-refractivity contribution in [3.63, 3.8) is 0 Å². The number of benzene rings is 4. The Bertz CT molecular complexity index is 3130. The van der Waals surface area contributed by atoms with Gasteiger partial charge in [-0.1, -0.05) is 109 Å². The lowest BCUT2D eigenvalue weighted by atomic mass is 9.81. The van der Waals surface area contributed by atoms with Crippen LogP contribution in [0.4, 0.5) is 0 Å². The van der Waals surface area contributed by atoms with Crippen molar-refractivity contribution < 1.29 is 57.3 Å². The topological polar surface area (TPSA) is 278 Å². The number of aryl methyl sites for hydroxylation is 2. The van der Waals surface area contributed by atoms with Crippen molar-refractivity contribution in [1.82, 2.24) is 0 Å². The van der Waals surface area contributed by atoms with Crippen molar-refractivity contribution in [2.24, 2.45) is 58.4 Å². The summed E-state index contributed by atoms with van der Waals surface area (Å²) in [5.41, 5.74) is 29.8. The van der Waals surface area contributed by atoms with Crippen LogP contribution in [0, 0.1) is 42.4 Å². The molecule has 434 valence electrons. The van der Waals surface area contributed by atoms with Crippen molar-refractivity contribution in [2.75, 3.05) is 0 Å². The summed E-state index contributed by atoms with van der Waals surface area (Å²) in [7, 11) is 0. The summed E-state index contributed by atoms with van der Waals surface area (Å²) >= 11 is 0. The molecule has 0 spiro atoms. The molecule has 2 fully saturated rings. The second kappa shape index (κ2) is 29.3. The van der Waals surface area contributed by atoms with Crippen LogP contribution in [-0.2, 0) is 44.8 Å². The predicted octanol–water partition coefficient (Wildman–Crippen LogP) is 9.23. The molecule has 4 aromatic carbocycles. The van der Waals surface area contributed by atoms with E-state index in [1.54, 1.807) is 118 Å². The van der Waals surface area contributed by atoms with Gasteiger partial charge in [-0.2, -0.15) is 0 Å². The first-order valence-electron chi connectivity index (χ1n) is 28.2. The number of nitrogens with two attached hydrogens (primary N) is 4. The summed E-state index contributed by atoms with van der Waals surface area (Å²) in [5.74, 6) is -5.21. The van der Waals surface area contributed by atoms with Gasteiger partial charge in [0.15, 0.2) is 23.1 Å². The second-order valence-corrected chi connectivity index (χ2v) is 22.3. The molecule has 0 heterocycles. The molecule has 0 amide bonds. The van der Waals surface area contributed by atoms with Gasteiger partial charge in [0, 0.05) is 0 Å². The Morgan fingerprint density at radius 2 is 0.915 bits per heavy atom. The second-order valence-electron chi connectivity index (χ2n) is 22.3. The van der Waals surface area contributed by atoms with Gasteiger partial charge >= 0.3 is 23.9 Å². The molecule has 16 nitrogen and oxygen atoms in total. The van der Waals surface area contributed by atoms with E-state index >= 15 is 0 Å². The van der Waals surface area contributed by atoms with E-state index in [1.165, 1.54) is 12.2 Å². The van der Waals surface area contributed by atoms with E-state index in [2.05, 4.69) is 0 Å². The van der Waals surface area contributed by atoms with Gasteiger partial charge in [-0.15, -0.1) is 0 Å². The minimum Gasteiger partial charge on any atom is -0.425 e. The maximum atomic E-state index is 13.8. The van der Waals surface area contributed by atoms with E-state index in [0.717, 1.165) is 11.1 Å². The zero-order valence-electron chi connectivity index (χ0n) is 48.2. The number of ketones is 4. The van der Waals surface area contributed by atoms with E-state index in [4.69, 9.17) is 41.9 Å². The number of hydrogen-bond acceptors (Lipinski definition) is 16. The number of hydrogen-bond donors (Lipinski definition) is 4. The molecule has 0 bridgehead atoms. The first-order chi connectivity index (χ1) is 38.9. The van der Waals surface area contributed by atoms with Crippen LogP contribution in [0.1, 0.15) is 127 Å². The molecule has 8 unspecified atom stereocenters. The SMILES string of the molecule is CCc1ccc(/C=C2\CCCC(C(=O)/C=C/c3ccc(C)c(OC(=O)C(N)C(C)C)c3)C2=O)cc1OC(=O)C(N)C(C)CC(C)C(N)C(=O)Oc1ccc(C=C2CCCC(C(=O)C=Cc3ccc(OC(=O)C(N)C(C)C)cc3)C2=O)cc1. The summed E-state index contributed by atoms with van der Waals surface area (Å²) < 4.78 is 22.5. The third kappa shape index (κ3) is 17.1. The van der Waals surface area contributed by atoms with Crippen molar-refractivity contribution in [2.45, 2.75) is 131 Å². The number of rotatable bonds is 23. The molecular formula is C66H78N4O12. The van der Waals surface area contributed by atoms with Gasteiger partial charge in [0.2, 0.25) is 0 Å². The fourth-order valence-corrected chi connectivity index (χ4v) is 9.54. The molecule has 4 aromatic rings. The Hall–Kier alpha value is -7.76. The van der Waals surface area contributed by atoms with E-state index in [0.29, 0.717) is 89.8 Å². The lowest BCUT2D eigenvalue weighted by Crippen LogP contribution is -2.44. The molecule has 0 aliphatic heterocycles. The van der Waals surface area contributed by atoms with Gasteiger partial charge < -0.3 is 41.9 Å². The lowest BCUT2D eigenvalue weighted by Gasteiger charge is -2.25. The Balaban J connectivity index is 0.989. The number of carbonyl (C=O) groups excluding carboxylic acids is 8. The van der Waals surface area contributed by atoms with Crippen molar-refractivity contribution in [3.8, 4) is 23.0 Å². The van der Waals surface area contributed by atoms with E-state index in [9.17, 15) is 38.4 Å². The third-order valence-corrected chi connectivity index (χ3v) is 15.2. The minimum absolute atomic E-state index is 0.0754. The van der Waals surface area contributed by atoms with Gasteiger partial charge in [-0.25, -0.2) is 19.2 Å². The minimum atomic E-state index is -1.08. The van der Waals surface area contributed by atoms with Crippen LogP contribution in [0.5, 0.6) is 23.0 Å². The smallest absolute Gasteiger partial charge is 0.328 e. The number of esters is 4. The maximum Gasteiger partial charge on any atom is 0.328 e. The van der Waals surface area contributed by atoms with E-state index < -0.39 is 71.7 Å². The van der Waals surface area contributed by atoms with Crippen molar-refractivity contribution >= 4 is 71.3 Å². The molecule has 0 aromatic heterocycles. The molecule has 0 radical (unpaired) electrons. The zero-order valence-corrected chi connectivity index (χ0v) is 48.2. The van der Waals surface area contributed by atoms with E-state index in [1.807, 2.05) is 46.8 Å². The van der Waals surface area contributed by atoms with Crippen molar-refractivity contribution in [3.05, 3.63) is 142 Å². The molecular weight excluding hydrogens is 1040 g/mol. The number of carbonyl (C=O) groups is 8. The first-order valence-corrected chi connectivity index (χ1v) is 28.2.